The van der Waals surface area contributed by atoms with Crippen molar-refractivity contribution in [3.63, 3.8) is 0 Å². The van der Waals surface area contributed by atoms with E-state index in [2.05, 4.69) is 156 Å². The van der Waals surface area contributed by atoms with E-state index in [1.165, 1.54) is 44.1 Å². The third-order valence-corrected chi connectivity index (χ3v) is 11.0. The first kappa shape index (κ1) is 37.5. The molecule has 4 heterocycles. The van der Waals surface area contributed by atoms with Crippen LogP contribution in [0.25, 0.3) is 60.8 Å². The topological polar surface area (TPSA) is 49.8 Å². The molecule has 0 radical (unpaired) electrons. The zero-order valence-electron chi connectivity index (χ0n) is 33.6. The van der Waals surface area contributed by atoms with E-state index in [1.807, 2.05) is 23.9 Å². The normalized spacial score (nSPS) is 11.8. The quantitative estimate of drug-likeness (QED) is 0.156. The van der Waals surface area contributed by atoms with Crippen molar-refractivity contribution in [3.8, 4) is 28.7 Å². The third kappa shape index (κ3) is 5.97. The number of benzene rings is 5. The van der Waals surface area contributed by atoms with Gasteiger partial charge in [-0.25, -0.2) is 4.98 Å². The Morgan fingerprint density at radius 3 is 1.96 bits per heavy atom. The molecule has 0 unspecified atom stereocenters. The molecule has 6 nitrogen and oxygen atoms in total. The van der Waals surface area contributed by atoms with Gasteiger partial charge in [-0.15, -0.1) is 41.3 Å². The van der Waals surface area contributed by atoms with Crippen LogP contribution in [0.5, 0.6) is 11.5 Å². The summed E-state index contributed by atoms with van der Waals surface area (Å²) in [7, 11) is 0. The molecule has 0 amide bonds. The van der Waals surface area contributed by atoms with Crippen LogP contribution in [0.1, 0.15) is 70.1 Å². The fourth-order valence-electron chi connectivity index (χ4n) is 8.74. The Hall–Kier alpha value is -5.45. The molecule has 0 aliphatic rings. The van der Waals surface area contributed by atoms with Gasteiger partial charge in [0, 0.05) is 45.2 Å². The van der Waals surface area contributed by atoms with E-state index in [-0.39, 0.29) is 21.1 Å². The van der Waals surface area contributed by atoms with E-state index in [9.17, 15) is 0 Å². The summed E-state index contributed by atoms with van der Waals surface area (Å²) in [6.07, 6.45) is 2.02. The number of aryl methyl sites for hydroxylation is 7. The van der Waals surface area contributed by atoms with Crippen LogP contribution in [0, 0.1) is 67.5 Å². The molecule has 0 spiro atoms. The number of rotatable bonds is 6. The van der Waals surface area contributed by atoms with E-state index in [4.69, 9.17) is 14.8 Å². The van der Waals surface area contributed by atoms with Crippen LogP contribution in [-0.2, 0) is 21.1 Å². The molecule has 282 valence electrons. The zero-order chi connectivity index (χ0) is 38.4. The molecule has 7 heteroatoms. The molecule has 0 N–H and O–H groups in total. The predicted octanol–water partition coefficient (Wildman–Crippen LogP) is 12.4. The van der Waals surface area contributed by atoms with E-state index >= 15 is 0 Å². The summed E-state index contributed by atoms with van der Waals surface area (Å²) in [6, 6.07) is 35.4. The second-order valence-corrected chi connectivity index (χ2v) is 15.7. The molecule has 0 bridgehead atoms. The van der Waals surface area contributed by atoms with Crippen molar-refractivity contribution >= 4 is 43.6 Å². The maximum atomic E-state index is 6.66. The van der Waals surface area contributed by atoms with Gasteiger partial charge in [0.05, 0.1) is 22.4 Å². The number of hydrogen-bond acceptors (Lipinski definition) is 3. The smallest absolute Gasteiger partial charge is 0.509 e. The Bertz CT molecular complexity index is 2970. The minimum Gasteiger partial charge on any atom is -0.509 e. The number of fused-ring (bicyclic) bond motifs is 6. The molecule has 0 saturated heterocycles. The van der Waals surface area contributed by atoms with Crippen LogP contribution in [0.4, 0.5) is 0 Å². The maximum Gasteiger partial charge on any atom is 2.00 e. The van der Waals surface area contributed by atoms with Crippen LogP contribution >= 0.6 is 0 Å². The largest absolute Gasteiger partial charge is 2.00 e. The first-order valence-corrected chi connectivity index (χ1v) is 19.1. The molecule has 0 aliphatic heterocycles. The van der Waals surface area contributed by atoms with E-state index in [0.717, 1.165) is 67.1 Å². The summed E-state index contributed by atoms with van der Waals surface area (Å²) in [6.45, 7) is 21.7. The Morgan fingerprint density at radius 1 is 0.643 bits per heavy atom. The van der Waals surface area contributed by atoms with Gasteiger partial charge in [0.2, 0.25) is 0 Å². The monoisotopic (exact) mass is 914 g/mol. The Labute approximate surface area is 343 Å². The summed E-state index contributed by atoms with van der Waals surface area (Å²) in [5.74, 6) is 2.39. The van der Waals surface area contributed by atoms with Gasteiger partial charge in [-0.2, -0.15) is 11.2 Å². The minimum atomic E-state index is 0. The van der Waals surface area contributed by atoms with Gasteiger partial charge in [-0.05, 0) is 113 Å². The van der Waals surface area contributed by atoms with Crippen molar-refractivity contribution in [2.75, 3.05) is 0 Å². The molecule has 5 aromatic carbocycles. The molecule has 56 heavy (non-hydrogen) atoms. The van der Waals surface area contributed by atoms with Crippen LogP contribution in [0.3, 0.4) is 0 Å². The van der Waals surface area contributed by atoms with E-state index in [1.54, 1.807) is 0 Å². The molecule has 0 fully saturated rings. The van der Waals surface area contributed by atoms with Gasteiger partial charge in [0.15, 0.2) is 0 Å². The third-order valence-electron chi connectivity index (χ3n) is 11.0. The number of hydrogen-bond donors (Lipinski definition) is 0. The SMILES string of the molecule is Cc1cc(C)c2c(c1)c1cc(C)cc(C)c1n2-c1c(C)cnc(-n2c3[c-]c(Oc4[c-]c(-n5nc(C)cc5C)cc(C(C)C)c4)ccc3c3ccccc32)c1C.[Pt+2]. The van der Waals surface area contributed by atoms with E-state index < -0.39 is 0 Å². The molecule has 9 rings (SSSR count). The van der Waals surface area contributed by atoms with Gasteiger partial charge < -0.3 is 13.9 Å². The number of ether oxygens (including phenoxy) is 1. The number of para-hydroxylation sites is 1. The maximum absolute atomic E-state index is 6.66. The minimum absolute atomic E-state index is 0. The summed E-state index contributed by atoms with van der Waals surface area (Å²) < 4.78 is 13.3. The van der Waals surface area contributed by atoms with Crippen molar-refractivity contribution in [1.82, 2.24) is 23.9 Å². The van der Waals surface area contributed by atoms with Crippen molar-refractivity contribution in [1.29, 1.82) is 0 Å². The summed E-state index contributed by atoms with van der Waals surface area (Å²) in [4.78, 5) is 5.20. The van der Waals surface area contributed by atoms with Crippen molar-refractivity contribution in [3.05, 3.63) is 148 Å². The molecular formula is C49H45N5OPt. The molecule has 0 atom stereocenters. The van der Waals surface area contributed by atoms with Crippen LogP contribution in [0.2, 0.25) is 0 Å². The number of nitrogens with zero attached hydrogens (tertiary/aromatic N) is 5. The Morgan fingerprint density at radius 2 is 1.32 bits per heavy atom. The second-order valence-electron chi connectivity index (χ2n) is 15.7. The summed E-state index contributed by atoms with van der Waals surface area (Å²) >= 11 is 0. The van der Waals surface area contributed by atoms with Crippen molar-refractivity contribution in [2.45, 2.75) is 75.2 Å². The second kappa shape index (κ2) is 13.9. The summed E-state index contributed by atoms with van der Waals surface area (Å²) in [5, 5.41) is 9.53. The van der Waals surface area contributed by atoms with Crippen LogP contribution in [-0.4, -0.2) is 23.9 Å². The van der Waals surface area contributed by atoms with Crippen molar-refractivity contribution in [2.24, 2.45) is 0 Å². The first-order chi connectivity index (χ1) is 26.4. The fourth-order valence-corrected chi connectivity index (χ4v) is 8.74. The van der Waals surface area contributed by atoms with Gasteiger partial charge in [-0.1, -0.05) is 60.8 Å². The molecule has 4 aromatic heterocycles. The van der Waals surface area contributed by atoms with E-state index in [0.29, 0.717) is 17.4 Å². The Kier molecular flexibility index (Phi) is 9.32. The molecule has 0 aliphatic carbocycles. The number of pyridine rings is 1. The average Bonchev–Trinajstić information content (AvgIpc) is 3.76. The fraction of sp³-hybridized carbons (Fsp3) is 0.224. The molecule has 9 aromatic rings. The van der Waals surface area contributed by atoms with Crippen LogP contribution in [0.15, 0.2) is 85.1 Å². The van der Waals surface area contributed by atoms with Crippen LogP contribution < -0.4 is 4.74 Å². The van der Waals surface area contributed by atoms with Gasteiger partial charge in [0.25, 0.3) is 0 Å². The van der Waals surface area contributed by atoms with Crippen molar-refractivity contribution < 1.29 is 25.8 Å². The van der Waals surface area contributed by atoms with Gasteiger partial charge in [0.1, 0.15) is 5.82 Å². The summed E-state index contributed by atoms with van der Waals surface area (Å²) in [5.41, 5.74) is 16.9. The Balaban J connectivity index is 0.00000441. The molecular weight excluding hydrogens is 870 g/mol. The average molecular weight is 915 g/mol. The molecule has 0 saturated carbocycles. The van der Waals surface area contributed by atoms with Gasteiger partial charge >= 0.3 is 21.1 Å². The first-order valence-electron chi connectivity index (χ1n) is 19.1. The number of aromatic nitrogens is 5. The predicted molar refractivity (Wildman–Crippen MR) is 226 cm³/mol. The van der Waals surface area contributed by atoms with Gasteiger partial charge in [-0.3, -0.25) is 4.68 Å². The zero-order valence-corrected chi connectivity index (χ0v) is 35.9. The standard InChI is InChI=1S/C49H45N5O.Pt/c1-27(2)36-22-37(54-34(9)21-33(8)51-54)24-39(23-36)55-38-15-16-41-40-13-11-12-14-44(40)52(45(41)25-38)49-35(10)46(32(7)26-50-49)53-47-30(5)17-28(3)19-42(47)43-20-29(4)18-31(6)48(43)53;/h11-23,26-27H,1-10H3;/q-2;+2.